The molecule has 156 valence electrons. The maximum absolute atomic E-state index is 13.9. The summed E-state index contributed by atoms with van der Waals surface area (Å²) < 4.78 is 15.6. The van der Waals surface area contributed by atoms with Gasteiger partial charge in [0.2, 0.25) is 11.8 Å². The highest BCUT2D eigenvalue weighted by molar-refractivity contribution is 5.90. The number of fused-ring (bicyclic) bond motifs is 1. The standard InChI is InChI=1S/C21H28FN5O2/c1-21(2,3)25-19-18(24-16-6-4-14(22)12-27(16)19)13-8-10-26(11-9-13)20(29)15-5-7-17(28)23-15/h4,6,12-13,15,25H,5,7-11H2,1-3H3,(H,23,28). The van der Waals surface area contributed by atoms with Crippen LogP contribution < -0.4 is 10.6 Å². The van der Waals surface area contributed by atoms with Crippen molar-refractivity contribution in [3.05, 3.63) is 29.8 Å². The zero-order chi connectivity index (χ0) is 20.8. The predicted octanol–water partition coefficient (Wildman–Crippen LogP) is 2.67. The van der Waals surface area contributed by atoms with E-state index >= 15 is 0 Å². The van der Waals surface area contributed by atoms with E-state index in [4.69, 9.17) is 4.98 Å². The van der Waals surface area contributed by atoms with E-state index < -0.39 is 0 Å². The normalized spacial score (nSPS) is 20.9. The first kappa shape index (κ1) is 19.7. The second-order valence-electron chi connectivity index (χ2n) is 9.05. The van der Waals surface area contributed by atoms with Gasteiger partial charge in [0.05, 0.1) is 5.69 Å². The lowest BCUT2D eigenvalue weighted by Gasteiger charge is -2.33. The van der Waals surface area contributed by atoms with Crippen molar-refractivity contribution >= 4 is 23.3 Å². The molecule has 4 heterocycles. The van der Waals surface area contributed by atoms with Crippen molar-refractivity contribution in [2.45, 2.75) is 64.0 Å². The van der Waals surface area contributed by atoms with Crippen LogP contribution in [0.4, 0.5) is 10.2 Å². The van der Waals surface area contributed by atoms with Crippen molar-refractivity contribution < 1.29 is 14.0 Å². The summed E-state index contributed by atoms with van der Waals surface area (Å²) in [6.45, 7) is 7.45. The SMILES string of the molecule is CC(C)(C)Nc1c(C2CCN(C(=O)C3CCC(=O)N3)CC2)nc2ccc(F)cn12. The van der Waals surface area contributed by atoms with Crippen molar-refractivity contribution in [2.24, 2.45) is 0 Å². The summed E-state index contributed by atoms with van der Waals surface area (Å²) in [6.07, 6.45) is 4.04. The van der Waals surface area contributed by atoms with Gasteiger partial charge in [-0.3, -0.25) is 14.0 Å². The Morgan fingerprint density at radius 3 is 2.59 bits per heavy atom. The van der Waals surface area contributed by atoms with E-state index in [-0.39, 0.29) is 35.1 Å². The third kappa shape index (κ3) is 4.06. The van der Waals surface area contributed by atoms with Gasteiger partial charge in [-0.25, -0.2) is 9.37 Å². The molecule has 1 atom stereocenters. The quantitative estimate of drug-likeness (QED) is 0.829. The molecular weight excluding hydrogens is 373 g/mol. The van der Waals surface area contributed by atoms with Crippen LogP contribution in [0.15, 0.2) is 18.3 Å². The van der Waals surface area contributed by atoms with Crippen molar-refractivity contribution in [1.82, 2.24) is 19.6 Å². The number of rotatable bonds is 3. The Balaban J connectivity index is 1.54. The fraction of sp³-hybridized carbons (Fsp3) is 0.571. The van der Waals surface area contributed by atoms with E-state index in [1.807, 2.05) is 4.90 Å². The lowest BCUT2D eigenvalue weighted by molar-refractivity contribution is -0.135. The average Bonchev–Trinajstić information content (AvgIpc) is 3.24. The van der Waals surface area contributed by atoms with Gasteiger partial charge in [-0.15, -0.1) is 0 Å². The molecule has 0 bridgehead atoms. The van der Waals surface area contributed by atoms with Gasteiger partial charge in [-0.1, -0.05) is 0 Å². The number of halogens is 1. The van der Waals surface area contributed by atoms with Gasteiger partial charge in [0.1, 0.15) is 23.3 Å². The molecular formula is C21H28FN5O2. The van der Waals surface area contributed by atoms with E-state index in [0.717, 1.165) is 24.4 Å². The van der Waals surface area contributed by atoms with Crippen LogP contribution in [0.1, 0.15) is 58.1 Å². The first-order chi connectivity index (χ1) is 13.7. The summed E-state index contributed by atoms with van der Waals surface area (Å²) in [5.74, 6) is 0.662. The van der Waals surface area contributed by atoms with Crippen LogP contribution in [0.25, 0.3) is 5.65 Å². The predicted molar refractivity (Wildman–Crippen MR) is 108 cm³/mol. The molecule has 2 aliphatic heterocycles. The molecule has 2 aliphatic rings. The van der Waals surface area contributed by atoms with Crippen molar-refractivity contribution in [2.75, 3.05) is 18.4 Å². The molecule has 0 spiro atoms. The first-order valence-corrected chi connectivity index (χ1v) is 10.2. The lowest BCUT2D eigenvalue weighted by Crippen LogP contribution is -2.47. The number of nitrogens with zero attached hydrogens (tertiary/aromatic N) is 3. The Bertz CT molecular complexity index is 940. The van der Waals surface area contributed by atoms with E-state index in [1.54, 1.807) is 10.5 Å². The summed E-state index contributed by atoms with van der Waals surface area (Å²) in [4.78, 5) is 30.7. The highest BCUT2D eigenvalue weighted by Gasteiger charge is 2.34. The zero-order valence-corrected chi connectivity index (χ0v) is 17.2. The van der Waals surface area contributed by atoms with Gasteiger partial charge in [-0.2, -0.15) is 0 Å². The van der Waals surface area contributed by atoms with E-state index in [0.29, 0.717) is 31.6 Å². The number of amides is 2. The molecule has 0 saturated carbocycles. The summed E-state index contributed by atoms with van der Waals surface area (Å²) in [5.41, 5.74) is 1.43. The minimum absolute atomic E-state index is 0.0133. The number of carbonyl (C=O) groups is 2. The third-order valence-electron chi connectivity index (χ3n) is 5.59. The molecule has 2 amide bonds. The fourth-order valence-electron chi connectivity index (χ4n) is 4.19. The summed E-state index contributed by atoms with van der Waals surface area (Å²) in [6, 6.07) is 2.73. The third-order valence-corrected chi connectivity index (χ3v) is 5.59. The maximum Gasteiger partial charge on any atom is 0.245 e. The monoisotopic (exact) mass is 401 g/mol. The Kier molecular flexibility index (Phi) is 4.96. The molecule has 0 aliphatic carbocycles. The van der Waals surface area contributed by atoms with Crippen LogP contribution in [0.5, 0.6) is 0 Å². The molecule has 2 aromatic heterocycles. The van der Waals surface area contributed by atoms with Crippen molar-refractivity contribution in [1.29, 1.82) is 0 Å². The summed E-state index contributed by atoms with van der Waals surface area (Å²) in [7, 11) is 0. The minimum atomic E-state index is -0.379. The number of pyridine rings is 1. The van der Waals surface area contributed by atoms with Crippen LogP contribution in [0, 0.1) is 5.82 Å². The smallest absolute Gasteiger partial charge is 0.245 e. The van der Waals surface area contributed by atoms with Crippen LogP contribution in [0.2, 0.25) is 0 Å². The highest BCUT2D eigenvalue weighted by atomic mass is 19.1. The van der Waals surface area contributed by atoms with Gasteiger partial charge in [0, 0.05) is 37.2 Å². The Hall–Kier alpha value is -2.64. The lowest BCUT2D eigenvalue weighted by atomic mass is 9.92. The molecule has 2 saturated heterocycles. The van der Waals surface area contributed by atoms with Crippen LogP contribution >= 0.6 is 0 Å². The molecule has 2 fully saturated rings. The number of piperidine rings is 1. The second kappa shape index (κ2) is 7.31. The maximum atomic E-state index is 13.9. The summed E-state index contributed by atoms with van der Waals surface area (Å²) in [5, 5.41) is 6.25. The topological polar surface area (TPSA) is 78.7 Å². The van der Waals surface area contributed by atoms with Gasteiger partial charge < -0.3 is 15.5 Å². The van der Waals surface area contributed by atoms with E-state index in [9.17, 15) is 14.0 Å². The fourth-order valence-corrected chi connectivity index (χ4v) is 4.19. The molecule has 2 aromatic rings. The first-order valence-electron chi connectivity index (χ1n) is 10.2. The largest absolute Gasteiger partial charge is 0.365 e. The highest BCUT2D eigenvalue weighted by Crippen LogP contribution is 2.35. The second-order valence-corrected chi connectivity index (χ2v) is 9.05. The molecule has 8 heteroatoms. The van der Waals surface area contributed by atoms with E-state index in [2.05, 4.69) is 31.4 Å². The number of aromatic nitrogens is 2. The van der Waals surface area contributed by atoms with Gasteiger partial charge in [0.25, 0.3) is 0 Å². The number of hydrogen-bond donors (Lipinski definition) is 2. The van der Waals surface area contributed by atoms with Crippen LogP contribution in [0.3, 0.4) is 0 Å². The molecule has 2 N–H and O–H groups in total. The molecule has 29 heavy (non-hydrogen) atoms. The summed E-state index contributed by atoms with van der Waals surface area (Å²) >= 11 is 0. The number of anilines is 1. The number of hydrogen-bond acceptors (Lipinski definition) is 4. The molecule has 0 radical (unpaired) electrons. The van der Waals surface area contributed by atoms with Crippen LogP contribution in [-0.4, -0.2) is 50.8 Å². The number of nitrogens with one attached hydrogen (secondary N) is 2. The van der Waals surface area contributed by atoms with Crippen LogP contribution in [-0.2, 0) is 9.59 Å². The van der Waals surface area contributed by atoms with Gasteiger partial charge in [-0.05, 0) is 52.2 Å². The van der Waals surface area contributed by atoms with Gasteiger partial charge in [0.15, 0.2) is 0 Å². The minimum Gasteiger partial charge on any atom is -0.365 e. The Morgan fingerprint density at radius 1 is 1.24 bits per heavy atom. The Labute approximate surface area is 169 Å². The molecule has 1 unspecified atom stereocenters. The van der Waals surface area contributed by atoms with Crippen molar-refractivity contribution in [3.8, 4) is 0 Å². The number of imidazole rings is 1. The Morgan fingerprint density at radius 2 is 1.97 bits per heavy atom. The molecule has 0 aromatic carbocycles. The number of likely N-dealkylation sites (tertiary alicyclic amines) is 1. The van der Waals surface area contributed by atoms with E-state index in [1.165, 1.54) is 12.3 Å². The average molecular weight is 401 g/mol. The van der Waals surface area contributed by atoms with Gasteiger partial charge >= 0.3 is 0 Å². The molecule has 4 rings (SSSR count). The number of carbonyl (C=O) groups excluding carboxylic acids is 2. The van der Waals surface area contributed by atoms with Crippen molar-refractivity contribution in [3.63, 3.8) is 0 Å². The molecule has 7 nitrogen and oxygen atoms in total. The zero-order valence-electron chi connectivity index (χ0n) is 17.2.